The van der Waals surface area contributed by atoms with Crippen molar-refractivity contribution in [1.82, 2.24) is 0 Å². The smallest absolute Gasteiger partial charge is 0.333 e. The molecule has 8 heteroatoms. The molecule has 30 heavy (non-hydrogen) atoms. The molecule has 0 heterocycles. The maximum atomic E-state index is 12.4. The summed E-state index contributed by atoms with van der Waals surface area (Å²) in [6.07, 6.45) is -1.06. The van der Waals surface area contributed by atoms with Gasteiger partial charge in [0, 0.05) is 11.4 Å². The SMILES string of the molecule is CCOc1ccc(CC(OC(C)C)C(=O)O)cc1NC(=O)COc1cccc(Cl)c1. The molecule has 0 aliphatic heterocycles. The lowest BCUT2D eigenvalue weighted by Gasteiger charge is -2.18. The van der Waals surface area contributed by atoms with Crippen LogP contribution in [0.2, 0.25) is 5.02 Å². The van der Waals surface area contributed by atoms with Gasteiger partial charge in [0.15, 0.2) is 12.7 Å². The van der Waals surface area contributed by atoms with Gasteiger partial charge in [-0.2, -0.15) is 0 Å². The van der Waals surface area contributed by atoms with Crippen LogP contribution >= 0.6 is 11.6 Å². The number of carboxylic acids is 1. The van der Waals surface area contributed by atoms with E-state index in [1.807, 2.05) is 6.92 Å². The van der Waals surface area contributed by atoms with Gasteiger partial charge in [0.05, 0.1) is 18.4 Å². The molecule has 0 spiro atoms. The summed E-state index contributed by atoms with van der Waals surface area (Å²) >= 11 is 5.91. The molecule has 2 N–H and O–H groups in total. The van der Waals surface area contributed by atoms with Gasteiger partial charge in [0.2, 0.25) is 0 Å². The van der Waals surface area contributed by atoms with Crippen molar-refractivity contribution in [2.45, 2.75) is 39.4 Å². The Morgan fingerprint density at radius 3 is 2.53 bits per heavy atom. The number of amides is 1. The van der Waals surface area contributed by atoms with E-state index in [0.29, 0.717) is 34.4 Å². The molecule has 1 unspecified atom stereocenters. The van der Waals surface area contributed by atoms with E-state index in [4.69, 9.17) is 25.8 Å². The van der Waals surface area contributed by atoms with Gasteiger partial charge in [-0.05, 0) is 56.7 Å². The van der Waals surface area contributed by atoms with Crippen LogP contribution in [-0.2, 0) is 20.7 Å². The number of halogens is 1. The number of hydrogen-bond acceptors (Lipinski definition) is 5. The summed E-state index contributed by atoms with van der Waals surface area (Å²) in [5.74, 6) is -0.472. The molecule has 0 aliphatic carbocycles. The fraction of sp³-hybridized carbons (Fsp3) is 0.364. The molecule has 0 radical (unpaired) electrons. The molecule has 0 fully saturated rings. The first-order valence-corrected chi connectivity index (χ1v) is 9.98. The number of carbonyl (C=O) groups is 2. The molecule has 0 saturated carbocycles. The molecular weight excluding hydrogens is 410 g/mol. The topological polar surface area (TPSA) is 94.1 Å². The number of nitrogens with one attached hydrogen (secondary N) is 1. The second kappa shape index (κ2) is 11.4. The van der Waals surface area contributed by atoms with Crippen molar-refractivity contribution in [1.29, 1.82) is 0 Å². The van der Waals surface area contributed by atoms with Crippen LogP contribution in [0.1, 0.15) is 26.3 Å². The van der Waals surface area contributed by atoms with E-state index < -0.39 is 12.1 Å². The molecule has 2 aromatic carbocycles. The first kappa shape index (κ1) is 23.5. The van der Waals surface area contributed by atoms with E-state index in [-0.39, 0.29) is 25.0 Å². The maximum absolute atomic E-state index is 12.4. The predicted octanol–water partition coefficient (Wildman–Crippen LogP) is 4.18. The van der Waals surface area contributed by atoms with Crippen molar-refractivity contribution in [3.63, 3.8) is 0 Å². The van der Waals surface area contributed by atoms with E-state index in [2.05, 4.69) is 5.32 Å². The maximum Gasteiger partial charge on any atom is 0.333 e. The largest absolute Gasteiger partial charge is 0.492 e. The lowest BCUT2D eigenvalue weighted by atomic mass is 10.1. The minimum atomic E-state index is -1.04. The number of carboxylic acid groups (broad SMARTS) is 1. The standard InChI is InChI=1S/C22H26ClNO6/c1-4-28-19-9-8-15(11-20(22(26)27)30-14(2)3)10-18(19)24-21(25)13-29-17-7-5-6-16(23)12-17/h5-10,12,14,20H,4,11,13H2,1-3H3,(H,24,25)(H,26,27). The van der Waals surface area contributed by atoms with Gasteiger partial charge in [-0.25, -0.2) is 4.79 Å². The third-order valence-corrected chi connectivity index (χ3v) is 4.15. The molecular formula is C22H26ClNO6. The van der Waals surface area contributed by atoms with E-state index in [9.17, 15) is 14.7 Å². The number of aliphatic carboxylic acids is 1. The highest BCUT2D eigenvalue weighted by Crippen LogP contribution is 2.27. The van der Waals surface area contributed by atoms with E-state index in [0.717, 1.165) is 0 Å². The van der Waals surface area contributed by atoms with Gasteiger partial charge in [-0.15, -0.1) is 0 Å². The Balaban J connectivity index is 2.10. The fourth-order valence-corrected chi connectivity index (χ4v) is 2.89. The Kier molecular flexibility index (Phi) is 8.95. The zero-order valence-corrected chi connectivity index (χ0v) is 17.9. The van der Waals surface area contributed by atoms with Crippen LogP contribution in [0.15, 0.2) is 42.5 Å². The van der Waals surface area contributed by atoms with Gasteiger partial charge in [-0.1, -0.05) is 23.7 Å². The zero-order valence-electron chi connectivity index (χ0n) is 17.2. The number of hydrogen-bond donors (Lipinski definition) is 2. The first-order valence-electron chi connectivity index (χ1n) is 9.60. The Labute approximate surface area is 180 Å². The van der Waals surface area contributed by atoms with Crippen molar-refractivity contribution < 1.29 is 28.9 Å². The highest BCUT2D eigenvalue weighted by molar-refractivity contribution is 6.30. The lowest BCUT2D eigenvalue weighted by Crippen LogP contribution is -2.29. The molecule has 1 amide bonds. The minimum absolute atomic E-state index is 0.155. The van der Waals surface area contributed by atoms with Crippen molar-refractivity contribution in [2.24, 2.45) is 0 Å². The molecule has 0 saturated heterocycles. The van der Waals surface area contributed by atoms with E-state index >= 15 is 0 Å². The van der Waals surface area contributed by atoms with Crippen LogP contribution < -0.4 is 14.8 Å². The molecule has 2 aromatic rings. The number of anilines is 1. The van der Waals surface area contributed by atoms with Crippen LogP contribution in [0.4, 0.5) is 5.69 Å². The molecule has 0 aliphatic rings. The summed E-state index contributed by atoms with van der Waals surface area (Å²) in [5.41, 5.74) is 1.13. The van der Waals surface area contributed by atoms with Crippen LogP contribution in [0, 0.1) is 0 Å². The summed E-state index contributed by atoms with van der Waals surface area (Å²) in [4.78, 5) is 23.8. The summed E-state index contributed by atoms with van der Waals surface area (Å²) < 4.78 is 16.5. The van der Waals surface area contributed by atoms with Crippen LogP contribution in [0.5, 0.6) is 11.5 Å². The summed E-state index contributed by atoms with van der Waals surface area (Å²) in [7, 11) is 0. The average molecular weight is 436 g/mol. The van der Waals surface area contributed by atoms with E-state index in [1.165, 1.54) is 0 Å². The van der Waals surface area contributed by atoms with Crippen molar-refractivity contribution >= 4 is 29.2 Å². The summed E-state index contributed by atoms with van der Waals surface area (Å²) in [5, 5.41) is 12.7. The van der Waals surface area contributed by atoms with Gasteiger partial charge in [-0.3, -0.25) is 4.79 Å². The van der Waals surface area contributed by atoms with E-state index in [1.54, 1.807) is 56.3 Å². The second-order valence-electron chi connectivity index (χ2n) is 6.77. The normalized spacial score (nSPS) is 11.8. The molecule has 0 bridgehead atoms. The minimum Gasteiger partial charge on any atom is -0.492 e. The summed E-state index contributed by atoms with van der Waals surface area (Å²) in [6, 6.07) is 11.9. The Morgan fingerprint density at radius 2 is 1.90 bits per heavy atom. The van der Waals surface area contributed by atoms with Crippen molar-refractivity contribution in [3.05, 3.63) is 53.1 Å². The zero-order chi connectivity index (χ0) is 22.1. The average Bonchev–Trinajstić information content (AvgIpc) is 2.67. The molecule has 2 rings (SSSR count). The third kappa shape index (κ3) is 7.57. The van der Waals surface area contributed by atoms with Crippen LogP contribution in [0.25, 0.3) is 0 Å². The Morgan fingerprint density at radius 1 is 1.13 bits per heavy atom. The number of rotatable bonds is 11. The van der Waals surface area contributed by atoms with Crippen LogP contribution in [-0.4, -0.2) is 42.4 Å². The van der Waals surface area contributed by atoms with Crippen molar-refractivity contribution in [2.75, 3.05) is 18.5 Å². The molecule has 1 atom stereocenters. The first-order chi connectivity index (χ1) is 14.3. The monoisotopic (exact) mass is 435 g/mol. The Hall–Kier alpha value is -2.77. The number of benzene rings is 2. The third-order valence-electron chi connectivity index (χ3n) is 3.92. The quantitative estimate of drug-likeness (QED) is 0.550. The van der Waals surface area contributed by atoms with Crippen molar-refractivity contribution in [3.8, 4) is 11.5 Å². The second-order valence-corrected chi connectivity index (χ2v) is 7.21. The summed E-state index contributed by atoms with van der Waals surface area (Å²) in [6.45, 7) is 5.58. The van der Waals surface area contributed by atoms with Crippen LogP contribution in [0.3, 0.4) is 0 Å². The number of carbonyl (C=O) groups excluding carboxylic acids is 1. The van der Waals surface area contributed by atoms with Gasteiger partial charge in [0.25, 0.3) is 5.91 Å². The number of ether oxygens (including phenoxy) is 3. The molecule has 162 valence electrons. The molecule has 7 nitrogen and oxygen atoms in total. The lowest BCUT2D eigenvalue weighted by molar-refractivity contribution is -0.153. The highest BCUT2D eigenvalue weighted by Gasteiger charge is 2.21. The predicted molar refractivity (Wildman–Crippen MR) is 115 cm³/mol. The fourth-order valence-electron chi connectivity index (χ4n) is 2.71. The van der Waals surface area contributed by atoms with Gasteiger partial charge >= 0.3 is 5.97 Å². The molecule has 0 aromatic heterocycles. The van der Waals surface area contributed by atoms with Gasteiger partial charge < -0.3 is 24.6 Å². The van der Waals surface area contributed by atoms with Gasteiger partial charge in [0.1, 0.15) is 11.5 Å². The Bertz CT molecular complexity index is 870. The highest BCUT2D eigenvalue weighted by atomic mass is 35.5.